The van der Waals surface area contributed by atoms with Gasteiger partial charge in [0.2, 0.25) is 0 Å². The summed E-state index contributed by atoms with van der Waals surface area (Å²) in [7, 11) is -6.04. The van der Waals surface area contributed by atoms with Crippen LogP contribution in [0.25, 0.3) is 0 Å². The van der Waals surface area contributed by atoms with E-state index in [2.05, 4.69) is 65.7 Å². The summed E-state index contributed by atoms with van der Waals surface area (Å²) in [4.78, 5) is 58.3. The van der Waals surface area contributed by atoms with E-state index in [9.17, 15) is 19.2 Å². The normalized spacial score (nSPS) is 23.7. The van der Waals surface area contributed by atoms with Gasteiger partial charge in [0.15, 0.2) is 6.23 Å². The zero-order valence-electron chi connectivity index (χ0n) is 31.6. The van der Waals surface area contributed by atoms with E-state index in [1.807, 2.05) is 0 Å². The van der Waals surface area contributed by atoms with Crippen molar-refractivity contribution in [2.75, 3.05) is 25.1 Å². The van der Waals surface area contributed by atoms with Gasteiger partial charge >= 0.3 is 22.8 Å². The van der Waals surface area contributed by atoms with Gasteiger partial charge in [-0.15, -0.1) is 0 Å². The number of fused-ring (bicyclic) bond motifs is 2. The number of nitrogens with one attached hydrogen (secondary N) is 1. The third kappa shape index (κ3) is 7.23. The molecule has 2 fully saturated rings. The van der Waals surface area contributed by atoms with E-state index in [1.54, 1.807) is 54.6 Å². The van der Waals surface area contributed by atoms with Crippen molar-refractivity contribution in [3.63, 3.8) is 0 Å². The molecule has 0 spiro atoms. The number of nitrogens with zero attached hydrogens (tertiary/aromatic N) is 3. The summed E-state index contributed by atoms with van der Waals surface area (Å²) in [5.41, 5.74) is 0.704. The second-order valence-electron chi connectivity index (χ2n) is 15.1. The number of ether oxygens (including phenoxy) is 2. The van der Waals surface area contributed by atoms with Crippen LogP contribution in [0.4, 0.5) is 5.82 Å². The molecule has 3 aliphatic heterocycles. The van der Waals surface area contributed by atoms with Gasteiger partial charge in [0, 0.05) is 11.8 Å². The minimum absolute atomic E-state index is 0.0178. The molecule has 3 amide bonds. The molecule has 3 aromatic rings. The van der Waals surface area contributed by atoms with Gasteiger partial charge in [0.05, 0.1) is 30.9 Å². The number of aromatic nitrogens is 2. The monoisotopic (exact) mass is 762 g/mol. The summed E-state index contributed by atoms with van der Waals surface area (Å²) in [6, 6.07) is 16.9. The maximum absolute atomic E-state index is 13.7. The molecule has 2 aromatic carbocycles. The van der Waals surface area contributed by atoms with Crippen molar-refractivity contribution < 1.29 is 36.8 Å². The molecule has 0 unspecified atom stereocenters. The molecular weight excluding hydrogens is 713 g/mol. The van der Waals surface area contributed by atoms with Crippen molar-refractivity contribution in [2.24, 2.45) is 0 Å². The highest BCUT2D eigenvalue weighted by molar-refractivity contribution is 6.84. The summed E-state index contributed by atoms with van der Waals surface area (Å²) >= 11 is 0. The van der Waals surface area contributed by atoms with E-state index in [0.717, 1.165) is 0 Å². The quantitative estimate of drug-likeness (QED) is 0.181. The molecule has 13 nitrogen and oxygen atoms in total. The Balaban J connectivity index is 1.34. The van der Waals surface area contributed by atoms with Gasteiger partial charge in [0.1, 0.15) is 24.1 Å². The second-order valence-corrected chi connectivity index (χ2v) is 23.9. The first-order valence-electron chi connectivity index (χ1n) is 18.4. The van der Waals surface area contributed by atoms with Crippen LogP contribution < -0.4 is 11.0 Å². The Kier molecular flexibility index (Phi) is 11.4. The SMILES string of the molecule is CC(C)[Si]1(C(C)C)OC[C@H]2O[C@@H](n3ccc(NC(=O)c4ccccc4)nc3=O)[C@H](OCCN3C(=O)c4ccccc4C3=O)[C@@H]2O[Si](C(C)C)(C(C)C)O1. The van der Waals surface area contributed by atoms with Crippen LogP contribution in [0, 0.1) is 0 Å². The number of anilines is 1. The van der Waals surface area contributed by atoms with Crippen molar-refractivity contribution in [2.45, 2.75) is 102 Å². The standard InChI is InChI=1S/C38H50N4O9Si2/c1-23(2)52(24(3)4)48-22-30-32(50-53(51-52,25(5)6)26(7)8)33(47-21-20-41-35(44)28-16-12-13-17-29(28)36(41)45)37(49-30)42-19-18-31(40-38(42)46)39-34(43)27-14-10-9-11-15-27/h9-19,23-26,30,32-33,37H,20-22H2,1-8H3,(H,39,40,43,46)/t30-,32-,33-,37-/m1/s1. The molecule has 2 saturated heterocycles. The Bertz CT molecular complexity index is 1840. The van der Waals surface area contributed by atoms with Crippen LogP contribution in [-0.4, -0.2) is 87.4 Å². The molecule has 284 valence electrons. The summed E-state index contributed by atoms with van der Waals surface area (Å²) in [6.45, 7) is 17.1. The largest absolute Gasteiger partial charge is 0.414 e. The Morgan fingerprint density at radius 3 is 2.00 bits per heavy atom. The number of imide groups is 1. The van der Waals surface area contributed by atoms with E-state index >= 15 is 0 Å². The van der Waals surface area contributed by atoms with E-state index in [-0.39, 0.29) is 47.7 Å². The smallest absolute Gasteiger partial charge is 0.351 e. The molecule has 0 aliphatic carbocycles. The Hall–Kier alpha value is -3.84. The maximum Gasteiger partial charge on any atom is 0.351 e. The van der Waals surface area contributed by atoms with Crippen molar-refractivity contribution in [1.82, 2.24) is 14.5 Å². The Labute approximate surface area is 312 Å². The number of hydrogen-bond acceptors (Lipinski definition) is 10. The van der Waals surface area contributed by atoms with E-state index < -0.39 is 65.1 Å². The van der Waals surface area contributed by atoms with E-state index in [4.69, 9.17) is 22.4 Å². The molecule has 6 rings (SSSR count). The number of amides is 3. The third-order valence-electron chi connectivity index (χ3n) is 10.5. The highest BCUT2D eigenvalue weighted by atomic mass is 28.5. The number of carbonyl (C=O) groups excluding carboxylic acids is 3. The van der Waals surface area contributed by atoms with Gasteiger partial charge in [-0.3, -0.25) is 23.9 Å². The average Bonchev–Trinajstić information content (AvgIpc) is 3.56. The summed E-state index contributed by atoms with van der Waals surface area (Å²) in [6.07, 6.45) is -1.77. The maximum atomic E-state index is 13.7. The zero-order valence-corrected chi connectivity index (χ0v) is 33.6. The van der Waals surface area contributed by atoms with Crippen LogP contribution in [0.5, 0.6) is 0 Å². The number of benzene rings is 2. The molecule has 4 heterocycles. The molecular formula is C38H50N4O9Si2. The molecule has 0 bridgehead atoms. The lowest BCUT2D eigenvalue weighted by molar-refractivity contribution is -0.0741. The molecule has 53 heavy (non-hydrogen) atoms. The number of carbonyl (C=O) groups is 3. The highest BCUT2D eigenvalue weighted by Crippen LogP contribution is 2.48. The average molecular weight is 763 g/mol. The fourth-order valence-corrected chi connectivity index (χ4v) is 18.9. The van der Waals surface area contributed by atoms with Gasteiger partial charge in [-0.05, 0) is 52.5 Å². The van der Waals surface area contributed by atoms with Gasteiger partial charge in [-0.2, -0.15) is 4.98 Å². The second kappa shape index (κ2) is 15.5. The topological polar surface area (TPSA) is 148 Å². The summed E-state index contributed by atoms with van der Waals surface area (Å²) < 4.78 is 36.2. The first-order valence-corrected chi connectivity index (χ1v) is 22.3. The first-order chi connectivity index (χ1) is 25.2. The summed E-state index contributed by atoms with van der Waals surface area (Å²) in [5.74, 6) is -1.11. The number of rotatable bonds is 11. The van der Waals surface area contributed by atoms with Crippen LogP contribution in [0.15, 0.2) is 71.7 Å². The minimum atomic E-state index is -3.13. The predicted octanol–water partition coefficient (Wildman–Crippen LogP) is 6.03. The van der Waals surface area contributed by atoms with Gasteiger partial charge in [-0.25, -0.2) is 4.79 Å². The van der Waals surface area contributed by atoms with Crippen molar-refractivity contribution in [3.8, 4) is 0 Å². The Morgan fingerprint density at radius 2 is 1.43 bits per heavy atom. The molecule has 0 radical (unpaired) electrons. The van der Waals surface area contributed by atoms with E-state index in [0.29, 0.717) is 16.7 Å². The predicted molar refractivity (Wildman–Crippen MR) is 202 cm³/mol. The van der Waals surface area contributed by atoms with Crippen molar-refractivity contribution >= 4 is 40.7 Å². The minimum Gasteiger partial charge on any atom is -0.414 e. The molecule has 3 aliphatic rings. The van der Waals surface area contributed by atoms with Gasteiger partial charge in [-0.1, -0.05) is 85.7 Å². The molecule has 0 saturated carbocycles. The fourth-order valence-electron chi connectivity index (χ4n) is 7.70. The lowest BCUT2D eigenvalue weighted by Gasteiger charge is -2.51. The van der Waals surface area contributed by atoms with Crippen LogP contribution >= 0.6 is 0 Å². The molecule has 4 atom stereocenters. The van der Waals surface area contributed by atoms with Gasteiger partial charge < -0.3 is 27.8 Å². The molecule has 1 N–H and O–H groups in total. The fraction of sp³-hybridized carbons (Fsp3) is 0.500. The molecule has 1 aromatic heterocycles. The summed E-state index contributed by atoms with van der Waals surface area (Å²) in [5, 5.41) is 2.69. The van der Waals surface area contributed by atoms with Crippen LogP contribution in [0.3, 0.4) is 0 Å². The lowest BCUT2D eigenvalue weighted by atomic mass is 10.1. The first kappa shape index (κ1) is 38.9. The zero-order chi connectivity index (χ0) is 38.2. The van der Waals surface area contributed by atoms with Crippen molar-refractivity contribution in [3.05, 3.63) is 94.0 Å². The number of hydrogen-bond donors (Lipinski definition) is 1. The Morgan fingerprint density at radius 1 is 0.849 bits per heavy atom. The van der Waals surface area contributed by atoms with Crippen LogP contribution in [-0.2, 0) is 22.4 Å². The lowest BCUT2D eigenvalue weighted by Crippen LogP contribution is -2.66. The third-order valence-corrected chi connectivity index (χ3v) is 20.8. The van der Waals surface area contributed by atoms with Crippen LogP contribution in [0.2, 0.25) is 22.2 Å². The van der Waals surface area contributed by atoms with E-state index in [1.165, 1.54) is 21.7 Å². The molecule has 15 heteroatoms. The van der Waals surface area contributed by atoms with Crippen LogP contribution in [0.1, 0.15) is 92.7 Å². The highest BCUT2D eigenvalue weighted by Gasteiger charge is 2.62. The van der Waals surface area contributed by atoms with Crippen molar-refractivity contribution in [1.29, 1.82) is 0 Å². The van der Waals surface area contributed by atoms with Gasteiger partial charge in [0.25, 0.3) is 17.7 Å².